The molecule has 0 N–H and O–H groups in total. The van der Waals surface area contributed by atoms with E-state index in [0.29, 0.717) is 17.5 Å². The van der Waals surface area contributed by atoms with Crippen molar-refractivity contribution in [3.05, 3.63) is 35.1 Å². The lowest BCUT2D eigenvalue weighted by molar-refractivity contribution is -0.107. The molecule has 0 unspecified atom stereocenters. The van der Waals surface area contributed by atoms with Crippen LogP contribution in [0.25, 0.3) is 0 Å². The second kappa shape index (κ2) is 4.00. The van der Waals surface area contributed by atoms with E-state index in [4.69, 9.17) is 0 Å². The van der Waals surface area contributed by atoms with Crippen LogP contribution in [0.1, 0.15) is 18.1 Å². The van der Waals surface area contributed by atoms with Crippen LogP contribution in [-0.4, -0.2) is 6.29 Å². The molecule has 0 heterocycles. The van der Waals surface area contributed by atoms with Crippen LogP contribution in [0.3, 0.4) is 0 Å². The molecular weight excluding hydrogens is 155 g/mol. The predicted octanol–water partition coefficient (Wildman–Crippen LogP) is 2.13. The third-order valence-corrected chi connectivity index (χ3v) is 1.84. The van der Waals surface area contributed by atoms with Gasteiger partial charge in [-0.25, -0.2) is 4.39 Å². The highest BCUT2D eigenvalue weighted by molar-refractivity contribution is 5.55. The summed E-state index contributed by atoms with van der Waals surface area (Å²) in [5, 5.41) is 0. The molecule has 0 atom stereocenters. The molecule has 0 aliphatic carbocycles. The van der Waals surface area contributed by atoms with Gasteiger partial charge in [-0.05, 0) is 17.5 Å². The number of aryl methyl sites for hydroxylation is 1. The number of carbonyl (C=O) groups is 1. The largest absolute Gasteiger partial charge is 0.303 e. The number of rotatable bonds is 3. The zero-order chi connectivity index (χ0) is 8.97. The van der Waals surface area contributed by atoms with Gasteiger partial charge in [-0.15, -0.1) is 0 Å². The van der Waals surface area contributed by atoms with E-state index in [0.717, 1.165) is 6.29 Å². The Hall–Kier alpha value is -1.18. The topological polar surface area (TPSA) is 17.1 Å². The summed E-state index contributed by atoms with van der Waals surface area (Å²) in [6.45, 7) is 1.89. The van der Waals surface area contributed by atoms with Crippen LogP contribution >= 0.6 is 0 Å². The van der Waals surface area contributed by atoms with Gasteiger partial charge in [0.15, 0.2) is 0 Å². The van der Waals surface area contributed by atoms with Crippen LogP contribution in [0, 0.1) is 5.82 Å². The molecule has 1 rings (SSSR count). The highest BCUT2D eigenvalue weighted by Crippen LogP contribution is 2.13. The molecule has 0 bridgehead atoms. The van der Waals surface area contributed by atoms with Crippen molar-refractivity contribution in [3.8, 4) is 0 Å². The van der Waals surface area contributed by atoms with Gasteiger partial charge in [0.25, 0.3) is 0 Å². The van der Waals surface area contributed by atoms with Crippen LogP contribution in [0.5, 0.6) is 0 Å². The molecule has 64 valence electrons. The summed E-state index contributed by atoms with van der Waals surface area (Å²) in [6, 6.07) is 5.16. The fourth-order valence-electron chi connectivity index (χ4n) is 1.15. The molecule has 0 fully saturated rings. The standard InChI is InChI=1S/C10H11FO/c1-2-8-4-3-5-9(6-7-12)10(8)11/h3-5,7H,2,6H2,1H3. The van der Waals surface area contributed by atoms with Gasteiger partial charge in [-0.1, -0.05) is 25.1 Å². The summed E-state index contributed by atoms with van der Waals surface area (Å²) in [7, 11) is 0. The fourth-order valence-corrected chi connectivity index (χ4v) is 1.15. The number of carbonyl (C=O) groups excluding carboxylic acids is 1. The second-order valence-electron chi connectivity index (χ2n) is 2.61. The Bertz CT molecular complexity index is 281. The number of benzene rings is 1. The summed E-state index contributed by atoms with van der Waals surface area (Å²) in [4.78, 5) is 10.2. The van der Waals surface area contributed by atoms with E-state index in [2.05, 4.69) is 0 Å². The van der Waals surface area contributed by atoms with E-state index in [-0.39, 0.29) is 12.2 Å². The maximum Gasteiger partial charge on any atom is 0.130 e. The van der Waals surface area contributed by atoms with E-state index >= 15 is 0 Å². The number of aldehydes is 1. The summed E-state index contributed by atoms with van der Waals surface area (Å²) in [5.41, 5.74) is 1.17. The number of hydrogen-bond donors (Lipinski definition) is 0. The van der Waals surface area contributed by atoms with Crippen LogP contribution in [0.15, 0.2) is 18.2 Å². The molecule has 1 aromatic rings. The van der Waals surface area contributed by atoms with Crippen LogP contribution in [0.2, 0.25) is 0 Å². The van der Waals surface area contributed by atoms with Gasteiger partial charge in [-0.3, -0.25) is 0 Å². The van der Waals surface area contributed by atoms with E-state index in [1.165, 1.54) is 0 Å². The molecule has 0 spiro atoms. The van der Waals surface area contributed by atoms with Gasteiger partial charge in [-0.2, -0.15) is 0 Å². The Labute approximate surface area is 71.2 Å². The van der Waals surface area contributed by atoms with E-state index in [9.17, 15) is 9.18 Å². The van der Waals surface area contributed by atoms with Crippen molar-refractivity contribution in [2.45, 2.75) is 19.8 Å². The van der Waals surface area contributed by atoms with Gasteiger partial charge >= 0.3 is 0 Å². The maximum atomic E-state index is 13.3. The van der Waals surface area contributed by atoms with E-state index in [1.54, 1.807) is 18.2 Å². The SMILES string of the molecule is CCc1cccc(CC=O)c1F. The van der Waals surface area contributed by atoms with Crippen molar-refractivity contribution in [3.63, 3.8) is 0 Å². The molecule has 0 saturated carbocycles. The normalized spacial score (nSPS) is 9.83. The van der Waals surface area contributed by atoms with Gasteiger partial charge in [0.05, 0.1) is 0 Å². The molecule has 0 radical (unpaired) electrons. The van der Waals surface area contributed by atoms with Crippen molar-refractivity contribution in [1.29, 1.82) is 0 Å². The zero-order valence-electron chi connectivity index (χ0n) is 7.01. The quantitative estimate of drug-likeness (QED) is 0.628. The Balaban J connectivity index is 3.04. The minimum absolute atomic E-state index is 0.166. The van der Waals surface area contributed by atoms with Gasteiger partial charge in [0, 0.05) is 6.42 Å². The molecule has 1 aromatic carbocycles. The summed E-state index contributed by atoms with van der Waals surface area (Å²) < 4.78 is 13.3. The lowest BCUT2D eigenvalue weighted by Gasteiger charge is -2.02. The Kier molecular flexibility index (Phi) is 2.97. The third-order valence-electron chi connectivity index (χ3n) is 1.84. The van der Waals surface area contributed by atoms with Crippen LogP contribution in [0.4, 0.5) is 4.39 Å². The van der Waals surface area contributed by atoms with E-state index in [1.807, 2.05) is 6.92 Å². The zero-order valence-corrected chi connectivity index (χ0v) is 7.01. The van der Waals surface area contributed by atoms with Crippen molar-refractivity contribution in [2.24, 2.45) is 0 Å². The maximum absolute atomic E-state index is 13.3. The smallest absolute Gasteiger partial charge is 0.130 e. The Morgan fingerprint density at radius 1 is 1.42 bits per heavy atom. The lowest BCUT2D eigenvalue weighted by Crippen LogP contribution is -1.96. The highest BCUT2D eigenvalue weighted by Gasteiger charge is 2.04. The summed E-state index contributed by atoms with van der Waals surface area (Å²) >= 11 is 0. The summed E-state index contributed by atoms with van der Waals surface area (Å²) in [5.74, 6) is -0.230. The van der Waals surface area contributed by atoms with Gasteiger partial charge in [0.1, 0.15) is 12.1 Å². The average molecular weight is 166 g/mol. The number of hydrogen-bond acceptors (Lipinski definition) is 1. The first-order valence-corrected chi connectivity index (χ1v) is 3.99. The molecule has 0 saturated heterocycles. The Morgan fingerprint density at radius 2 is 2.08 bits per heavy atom. The lowest BCUT2D eigenvalue weighted by atomic mass is 10.1. The Morgan fingerprint density at radius 3 is 2.67 bits per heavy atom. The number of halogens is 1. The van der Waals surface area contributed by atoms with Crippen molar-refractivity contribution < 1.29 is 9.18 Å². The minimum atomic E-state index is -0.230. The molecule has 0 aliphatic rings. The van der Waals surface area contributed by atoms with Crippen molar-refractivity contribution in [2.75, 3.05) is 0 Å². The first-order valence-electron chi connectivity index (χ1n) is 3.99. The predicted molar refractivity (Wildman–Crippen MR) is 45.5 cm³/mol. The molecule has 1 nitrogen and oxygen atoms in total. The highest BCUT2D eigenvalue weighted by atomic mass is 19.1. The summed E-state index contributed by atoms with van der Waals surface area (Å²) in [6.07, 6.45) is 1.55. The molecule has 12 heavy (non-hydrogen) atoms. The molecular formula is C10H11FO. The van der Waals surface area contributed by atoms with Crippen molar-refractivity contribution >= 4 is 6.29 Å². The average Bonchev–Trinajstić information content (AvgIpc) is 2.09. The van der Waals surface area contributed by atoms with Crippen LogP contribution in [-0.2, 0) is 17.6 Å². The first-order chi connectivity index (χ1) is 5.79. The van der Waals surface area contributed by atoms with Gasteiger partial charge < -0.3 is 4.79 Å². The third kappa shape index (κ3) is 1.70. The van der Waals surface area contributed by atoms with Gasteiger partial charge in [0.2, 0.25) is 0 Å². The first kappa shape index (κ1) is 8.91. The molecule has 2 heteroatoms. The monoisotopic (exact) mass is 166 g/mol. The molecule has 0 amide bonds. The minimum Gasteiger partial charge on any atom is -0.303 e. The van der Waals surface area contributed by atoms with Crippen LogP contribution < -0.4 is 0 Å². The van der Waals surface area contributed by atoms with Crippen molar-refractivity contribution in [1.82, 2.24) is 0 Å². The van der Waals surface area contributed by atoms with E-state index < -0.39 is 0 Å². The molecule has 0 aromatic heterocycles. The molecule has 0 aliphatic heterocycles. The fraction of sp³-hybridized carbons (Fsp3) is 0.300. The second-order valence-corrected chi connectivity index (χ2v) is 2.61.